The van der Waals surface area contributed by atoms with Crippen molar-refractivity contribution in [2.45, 2.75) is 32.1 Å². The van der Waals surface area contributed by atoms with Crippen LogP contribution in [0.2, 0.25) is 0 Å². The maximum atomic E-state index is 11.6. The van der Waals surface area contributed by atoms with Crippen LogP contribution in [0.5, 0.6) is 0 Å². The summed E-state index contributed by atoms with van der Waals surface area (Å²) in [7, 11) is 0. The lowest BCUT2D eigenvalue weighted by atomic mass is 10.00. The average Bonchev–Trinajstić information content (AvgIpc) is 3.16. The zero-order valence-corrected chi connectivity index (χ0v) is 11.3. The molecule has 0 heterocycles. The van der Waals surface area contributed by atoms with Crippen LogP contribution in [-0.4, -0.2) is 18.5 Å². The largest absolute Gasteiger partial charge is 0.455 e. The number of esters is 1. The molecule has 4 nitrogen and oxygen atoms in total. The van der Waals surface area contributed by atoms with Crippen LogP contribution in [-0.2, 0) is 14.3 Å². The summed E-state index contributed by atoms with van der Waals surface area (Å²) < 4.78 is 4.83. The molecule has 0 spiro atoms. The van der Waals surface area contributed by atoms with Gasteiger partial charge in [-0.3, -0.25) is 9.59 Å². The molecule has 1 fully saturated rings. The van der Waals surface area contributed by atoms with Crippen molar-refractivity contribution in [2.75, 3.05) is 6.61 Å². The summed E-state index contributed by atoms with van der Waals surface area (Å²) in [4.78, 5) is 22.2. The normalized spacial score (nSPS) is 21.2. The van der Waals surface area contributed by atoms with Crippen LogP contribution in [0.25, 0.3) is 0 Å². The number of primary amides is 1. The minimum absolute atomic E-state index is 0.121. The molecule has 2 atom stereocenters. The predicted molar refractivity (Wildman–Crippen MR) is 71.5 cm³/mol. The van der Waals surface area contributed by atoms with Crippen LogP contribution in [0.15, 0.2) is 24.3 Å². The number of nitrogens with two attached hydrogens (primary N) is 1. The molecule has 0 aromatic heterocycles. The van der Waals surface area contributed by atoms with E-state index < -0.39 is 5.91 Å². The minimum Gasteiger partial charge on any atom is -0.455 e. The van der Waals surface area contributed by atoms with Gasteiger partial charge in [0.05, 0.1) is 5.92 Å². The molecule has 2 rings (SSSR count). The van der Waals surface area contributed by atoms with Gasteiger partial charge in [-0.05, 0) is 29.4 Å². The third kappa shape index (κ3) is 3.34. The second-order valence-electron chi connectivity index (χ2n) is 5.34. The number of hydrogen-bond acceptors (Lipinski definition) is 3. The molecule has 4 heteroatoms. The second kappa shape index (κ2) is 5.43. The first-order valence-corrected chi connectivity index (χ1v) is 6.54. The van der Waals surface area contributed by atoms with E-state index in [1.54, 1.807) is 0 Å². The molecule has 1 aliphatic carbocycles. The molecule has 1 aromatic rings. The number of carbonyl (C=O) groups excluding carboxylic acids is 2. The molecule has 1 aromatic carbocycles. The monoisotopic (exact) mass is 261 g/mol. The van der Waals surface area contributed by atoms with Gasteiger partial charge in [0.15, 0.2) is 6.61 Å². The molecule has 0 saturated heterocycles. The summed E-state index contributed by atoms with van der Waals surface area (Å²) >= 11 is 0. The van der Waals surface area contributed by atoms with Gasteiger partial charge in [-0.1, -0.05) is 38.1 Å². The van der Waals surface area contributed by atoms with E-state index in [-0.39, 0.29) is 24.4 Å². The zero-order valence-electron chi connectivity index (χ0n) is 11.3. The molecule has 2 N–H and O–H groups in total. The molecule has 0 radical (unpaired) electrons. The number of hydrogen-bond donors (Lipinski definition) is 1. The molecular formula is C15H19NO3. The summed E-state index contributed by atoms with van der Waals surface area (Å²) in [5.74, 6) is -0.334. The standard InChI is InChI=1S/C15H19NO3/c1-9(2)10-3-5-11(6-4-10)12-7-13(12)15(18)19-8-14(16)17/h3-6,9,12-13H,7-8H2,1-2H3,(H2,16,17). The molecule has 1 saturated carbocycles. The summed E-state index contributed by atoms with van der Waals surface area (Å²) in [6.45, 7) is 3.97. The van der Waals surface area contributed by atoms with Crippen LogP contribution in [0.1, 0.15) is 43.2 Å². The highest BCUT2D eigenvalue weighted by atomic mass is 16.5. The van der Waals surface area contributed by atoms with Gasteiger partial charge in [-0.25, -0.2) is 0 Å². The summed E-state index contributed by atoms with van der Waals surface area (Å²) in [6, 6.07) is 8.34. The zero-order chi connectivity index (χ0) is 14.0. The number of carbonyl (C=O) groups is 2. The Bertz CT molecular complexity index is 479. The molecule has 19 heavy (non-hydrogen) atoms. The third-order valence-electron chi connectivity index (χ3n) is 3.48. The molecule has 1 aliphatic rings. The highest BCUT2D eigenvalue weighted by Gasteiger charge is 2.45. The van der Waals surface area contributed by atoms with Crippen LogP contribution in [0.4, 0.5) is 0 Å². The number of ether oxygens (including phenoxy) is 1. The van der Waals surface area contributed by atoms with Crippen LogP contribution >= 0.6 is 0 Å². The summed E-state index contributed by atoms with van der Waals surface area (Å²) in [5.41, 5.74) is 7.38. The Morgan fingerprint density at radius 3 is 2.47 bits per heavy atom. The van der Waals surface area contributed by atoms with Gasteiger partial charge < -0.3 is 10.5 Å². The fraction of sp³-hybridized carbons (Fsp3) is 0.467. The van der Waals surface area contributed by atoms with E-state index in [0.717, 1.165) is 12.0 Å². The van der Waals surface area contributed by atoms with Crippen molar-refractivity contribution in [3.8, 4) is 0 Å². The van der Waals surface area contributed by atoms with E-state index in [1.165, 1.54) is 5.56 Å². The van der Waals surface area contributed by atoms with Crippen LogP contribution in [0, 0.1) is 5.92 Å². The Labute approximate surface area is 112 Å². The molecule has 2 unspecified atom stereocenters. The first-order valence-electron chi connectivity index (χ1n) is 6.54. The topological polar surface area (TPSA) is 69.4 Å². The Hall–Kier alpha value is -1.84. The van der Waals surface area contributed by atoms with E-state index >= 15 is 0 Å². The van der Waals surface area contributed by atoms with E-state index in [2.05, 4.69) is 38.1 Å². The van der Waals surface area contributed by atoms with Gasteiger partial charge in [0, 0.05) is 0 Å². The lowest BCUT2D eigenvalue weighted by molar-refractivity contribution is -0.149. The maximum absolute atomic E-state index is 11.6. The van der Waals surface area contributed by atoms with Crippen molar-refractivity contribution in [2.24, 2.45) is 11.7 Å². The fourth-order valence-corrected chi connectivity index (χ4v) is 2.20. The fourth-order valence-electron chi connectivity index (χ4n) is 2.20. The van der Waals surface area contributed by atoms with E-state index in [1.807, 2.05) is 0 Å². The van der Waals surface area contributed by atoms with Crippen molar-refractivity contribution in [3.05, 3.63) is 35.4 Å². The van der Waals surface area contributed by atoms with E-state index in [4.69, 9.17) is 10.5 Å². The first kappa shape index (κ1) is 13.6. The maximum Gasteiger partial charge on any atom is 0.310 e. The number of amides is 1. The Morgan fingerprint density at radius 2 is 1.95 bits per heavy atom. The van der Waals surface area contributed by atoms with Gasteiger partial charge in [0.1, 0.15) is 0 Å². The first-order chi connectivity index (χ1) is 8.99. The van der Waals surface area contributed by atoms with Crippen molar-refractivity contribution in [1.82, 2.24) is 0 Å². The highest BCUT2D eigenvalue weighted by Crippen LogP contribution is 2.48. The van der Waals surface area contributed by atoms with Gasteiger partial charge in [0.2, 0.25) is 0 Å². The quantitative estimate of drug-likeness (QED) is 0.823. The predicted octanol–water partition coefficient (Wildman–Crippen LogP) is 1.94. The van der Waals surface area contributed by atoms with Crippen LogP contribution < -0.4 is 5.73 Å². The molecule has 1 amide bonds. The molecule has 102 valence electrons. The van der Waals surface area contributed by atoms with E-state index in [9.17, 15) is 9.59 Å². The summed E-state index contributed by atoms with van der Waals surface area (Å²) in [6.07, 6.45) is 0.790. The minimum atomic E-state index is -0.619. The van der Waals surface area contributed by atoms with Crippen molar-refractivity contribution >= 4 is 11.9 Å². The molecule has 0 aliphatic heterocycles. The Morgan fingerprint density at radius 1 is 1.32 bits per heavy atom. The smallest absolute Gasteiger partial charge is 0.310 e. The Balaban J connectivity index is 1.91. The number of rotatable bonds is 5. The SMILES string of the molecule is CC(C)c1ccc(C2CC2C(=O)OCC(N)=O)cc1. The Kier molecular flexibility index (Phi) is 3.88. The lowest BCUT2D eigenvalue weighted by Gasteiger charge is -2.06. The van der Waals surface area contributed by atoms with Gasteiger partial charge in [-0.15, -0.1) is 0 Å². The second-order valence-corrected chi connectivity index (χ2v) is 5.34. The number of benzene rings is 1. The van der Waals surface area contributed by atoms with Crippen molar-refractivity contribution in [3.63, 3.8) is 0 Å². The van der Waals surface area contributed by atoms with Crippen LogP contribution in [0.3, 0.4) is 0 Å². The van der Waals surface area contributed by atoms with Gasteiger partial charge >= 0.3 is 5.97 Å². The van der Waals surface area contributed by atoms with E-state index in [0.29, 0.717) is 5.92 Å². The van der Waals surface area contributed by atoms with Gasteiger partial charge in [0.25, 0.3) is 5.91 Å². The molecule has 0 bridgehead atoms. The van der Waals surface area contributed by atoms with Gasteiger partial charge in [-0.2, -0.15) is 0 Å². The highest BCUT2D eigenvalue weighted by molar-refractivity contribution is 5.82. The lowest BCUT2D eigenvalue weighted by Crippen LogP contribution is -2.21. The van der Waals surface area contributed by atoms with Crippen molar-refractivity contribution in [1.29, 1.82) is 0 Å². The summed E-state index contributed by atoms with van der Waals surface area (Å²) in [5, 5.41) is 0. The third-order valence-corrected chi connectivity index (χ3v) is 3.48. The van der Waals surface area contributed by atoms with Crippen molar-refractivity contribution < 1.29 is 14.3 Å². The molecular weight excluding hydrogens is 242 g/mol. The average molecular weight is 261 g/mol.